The van der Waals surface area contributed by atoms with E-state index in [2.05, 4.69) is 4.72 Å². The van der Waals surface area contributed by atoms with Crippen LogP contribution < -0.4 is 4.72 Å². The van der Waals surface area contributed by atoms with Crippen LogP contribution in [0.3, 0.4) is 0 Å². The van der Waals surface area contributed by atoms with Gasteiger partial charge in [-0.05, 0) is 40.0 Å². The van der Waals surface area contributed by atoms with Gasteiger partial charge in [-0.3, -0.25) is 0 Å². The number of hydrogen-bond donors (Lipinski definition) is 1. The Balaban J connectivity index is 2.73. The minimum Gasteiger partial charge on any atom is -0.196 e. The zero-order valence-corrected chi connectivity index (χ0v) is 12.4. The lowest BCUT2D eigenvalue weighted by Crippen LogP contribution is -2.54. The molecule has 1 saturated heterocycles. The Bertz CT molecular complexity index is 343. The first-order chi connectivity index (χ1) is 7.78. The summed E-state index contributed by atoms with van der Waals surface area (Å²) in [5, 5.41) is 0. The third-order valence-electron chi connectivity index (χ3n) is 3.18. The van der Waals surface area contributed by atoms with Gasteiger partial charge in [0.2, 0.25) is 0 Å². The summed E-state index contributed by atoms with van der Waals surface area (Å²) < 4.78 is 28.8. The van der Waals surface area contributed by atoms with Crippen LogP contribution in [-0.2, 0) is 10.2 Å². The van der Waals surface area contributed by atoms with Crippen molar-refractivity contribution in [2.45, 2.75) is 58.0 Å². The molecule has 1 heterocycles. The standard InChI is InChI=1S/C11H23ClN2O2S/c1-10-6-4-5-9-14(10)17(15,16)13-11(2,3)7-8-12/h10,13H,4-9H2,1-3H3. The fourth-order valence-electron chi connectivity index (χ4n) is 2.12. The average molecular weight is 283 g/mol. The molecule has 0 radical (unpaired) electrons. The molecule has 1 rings (SSSR count). The van der Waals surface area contributed by atoms with E-state index >= 15 is 0 Å². The summed E-state index contributed by atoms with van der Waals surface area (Å²) in [6.45, 7) is 6.31. The summed E-state index contributed by atoms with van der Waals surface area (Å²) in [7, 11) is -3.39. The molecule has 1 aliphatic rings. The number of halogens is 1. The van der Waals surface area contributed by atoms with Gasteiger partial charge in [0, 0.05) is 24.0 Å². The normalized spacial score (nSPS) is 23.9. The lowest BCUT2D eigenvalue weighted by molar-refractivity contribution is 0.259. The quantitative estimate of drug-likeness (QED) is 0.785. The number of rotatable bonds is 5. The largest absolute Gasteiger partial charge is 0.280 e. The van der Waals surface area contributed by atoms with Crippen LogP contribution >= 0.6 is 11.6 Å². The highest BCUT2D eigenvalue weighted by Crippen LogP contribution is 2.21. The first-order valence-corrected chi connectivity index (χ1v) is 8.13. The molecule has 4 nitrogen and oxygen atoms in total. The Morgan fingerprint density at radius 3 is 2.59 bits per heavy atom. The van der Waals surface area contributed by atoms with E-state index in [0.29, 0.717) is 18.8 Å². The highest BCUT2D eigenvalue weighted by molar-refractivity contribution is 7.87. The second-order valence-electron chi connectivity index (χ2n) is 5.39. The van der Waals surface area contributed by atoms with Crippen LogP contribution in [0.25, 0.3) is 0 Å². The van der Waals surface area contributed by atoms with Crippen LogP contribution in [0, 0.1) is 0 Å². The molecule has 0 bridgehead atoms. The molecule has 1 aliphatic heterocycles. The van der Waals surface area contributed by atoms with Crippen LogP contribution in [0.2, 0.25) is 0 Å². The number of nitrogens with zero attached hydrogens (tertiary/aromatic N) is 1. The fraction of sp³-hybridized carbons (Fsp3) is 1.00. The van der Waals surface area contributed by atoms with Gasteiger partial charge >= 0.3 is 0 Å². The summed E-state index contributed by atoms with van der Waals surface area (Å²) in [4.78, 5) is 0. The van der Waals surface area contributed by atoms with Gasteiger partial charge < -0.3 is 0 Å². The fourth-order valence-corrected chi connectivity index (χ4v) is 4.46. The molecule has 0 aromatic heterocycles. The number of alkyl halides is 1. The molecule has 102 valence electrons. The minimum absolute atomic E-state index is 0.0908. The number of hydrogen-bond acceptors (Lipinski definition) is 2. The molecule has 6 heteroatoms. The molecule has 1 atom stereocenters. The van der Waals surface area contributed by atoms with Gasteiger partial charge in [-0.25, -0.2) is 0 Å². The van der Waals surface area contributed by atoms with E-state index in [0.717, 1.165) is 19.3 Å². The maximum atomic E-state index is 12.3. The summed E-state index contributed by atoms with van der Waals surface area (Å²) >= 11 is 5.68. The van der Waals surface area contributed by atoms with Crippen molar-refractivity contribution in [3.8, 4) is 0 Å². The number of piperidine rings is 1. The van der Waals surface area contributed by atoms with E-state index in [1.807, 2.05) is 20.8 Å². The predicted octanol–water partition coefficient (Wildman–Crippen LogP) is 2.10. The van der Waals surface area contributed by atoms with Crippen molar-refractivity contribution in [3.63, 3.8) is 0 Å². The van der Waals surface area contributed by atoms with E-state index in [-0.39, 0.29) is 6.04 Å². The second-order valence-corrected chi connectivity index (χ2v) is 7.39. The van der Waals surface area contributed by atoms with E-state index in [1.54, 1.807) is 4.31 Å². The molecule has 0 amide bonds. The lowest BCUT2D eigenvalue weighted by Gasteiger charge is -2.35. The Labute approximate surface area is 110 Å². The van der Waals surface area contributed by atoms with Crippen LogP contribution in [-0.4, -0.2) is 36.7 Å². The molecule has 0 spiro atoms. The highest BCUT2D eigenvalue weighted by atomic mass is 35.5. The SMILES string of the molecule is CC1CCCCN1S(=O)(=O)NC(C)(C)CCCl. The monoisotopic (exact) mass is 282 g/mol. The van der Waals surface area contributed by atoms with Gasteiger partial charge in [0.05, 0.1) is 0 Å². The van der Waals surface area contributed by atoms with Gasteiger partial charge in [0.1, 0.15) is 0 Å². The Hall–Kier alpha value is 0.160. The van der Waals surface area contributed by atoms with E-state index in [4.69, 9.17) is 11.6 Å². The minimum atomic E-state index is -3.39. The number of nitrogens with one attached hydrogen (secondary N) is 1. The van der Waals surface area contributed by atoms with Crippen molar-refractivity contribution in [3.05, 3.63) is 0 Å². The lowest BCUT2D eigenvalue weighted by atomic mass is 10.0. The molecular formula is C11H23ClN2O2S. The van der Waals surface area contributed by atoms with Crippen LogP contribution in [0.15, 0.2) is 0 Å². The third kappa shape index (κ3) is 4.39. The van der Waals surface area contributed by atoms with Crippen molar-refractivity contribution in [1.29, 1.82) is 0 Å². The van der Waals surface area contributed by atoms with Crippen molar-refractivity contribution < 1.29 is 8.42 Å². The van der Waals surface area contributed by atoms with Gasteiger partial charge in [0.15, 0.2) is 0 Å². The third-order valence-corrected chi connectivity index (χ3v) is 5.33. The van der Waals surface area contributed by atoms with Gasteiger partial charge in [-0.2, -0.15) is 17.4 Å². The molecule has 1 N–H and O–H groups in total. The van der Waals surface area contributed by atoms with Crippen LogP contribution in [0.5, 0.6) is 0 Å². The molecule has 0 aromatic carbocycles. The van der Waals surface area contributed by atoms with Crippen molar-refractivity contribution in [2.24, 2.45) is 0 Å². The summed E-state index contributed by atoms with van der Waals surface area (Å²) in [6, 6.07) is 0.0908. The second kappa shape index (κ2) is 5.87. The zero-order valence-electron chi connectivity index (χ0n) is 10.9. The van der Waals surface area contributed by atoms with Gasteiger partial charge in [0.25, 0.3) is 10.2 Å². The molecule has 0 saturated carbocycles. The maximum Gasteiger partial charge on any atom is 0.280 e. The van der Waals surface area contributed by atoms with Crippen molar-refractivity contribution in [1.82, 2.24) is 9.03 Å². The molecule has 1 unspecified atom stereocenters. The summed E-state index contributed by atoms with van der Waals surface area (Å²) in [5.74, 6) is 0.449. The molecule has 0 aromatic rings. The van der Waals surface area contributed by atoms with Gasteiger partial charge in [-0.15, -0.1) is 11.6 Å². The Morgan fingerprint density at radius 1 is 1.41 bits per heavy atom. The zero-order chi connectivity index (χ0) is 13.1. The van der Waals surface area contributed by atoms with Crippen LogP contribution in [0.1, 0.15) is 46.5 Å². The van der Waals surface area contributed by atoms with Crippen molar-refractivity contribution >= 4 is 21.8 Å². The Morgan fingerprint density at radius 2 is 2.06 bits per heavy atom. The first-order valence-electron chi connectivity index (χ1n) is 6.15. The smallest absolute Gasteiger partial charge is 0.196 e. The van der Waals surface area contributed by atoms with E-state index in [1.165, 1.54) is 0 Å². The summed E-state index contributed by atoms with van der Waals surface area (Å²) in [6.07, 6.45) is 3.62. The predicted molar refractivity (Wildman–Crippen MR) is 71.5 cm³/mol. The molecule has 1 fully saturated rings. The summed E-state index contributed by atoms with van der Waals surface area (Å²) in [5.41, 5.74) is -0.488. The molecule has 17 heavy (non-hydrogen) atoms. The Kier molecular flexibility index (Phi) is 5.25. The van der Waals surface area contributed by atoms with Crippen molar-refractivity contribution in [2.75, 3.05) is 12.4 Å². The van der Waals surface area contributed by atoms with Crippen LogP contribution in [0.4, 0.5) is 0 Å². The maximum absolute atomic E-state index is 12.3. The molecule has 0 aliphatic carbocycles. The first kappa shape index (κ1) is 15.2. The van der Waals surface area contributed by atoms with Gasteiger partial charge in [-0.1, -0.05) is 6.42 Å². The van der Waals surface area contributed by atoms with E-state index < -0.39 is 15.7 Å². The average Bonchev–Trinajstić information content (AvgIpc) is 2.15. The topological polar surface area (TPSA) is 49.4 Å². The highest BCUT2D eigenvalue weighted by Gasteiger charge is 2.33. The molecular weight excluding hydrogens is 260 g/mol. The van der Waals surface area contributed by atoms with E-state index in [9.17, 15) is 8.42 Å².